The van der Waals surface area contributed by atoms with Gasteiger partial charge in [-0.3, -0.25) is 0 Å². The van der Waals surface area contributed by atoms with Gasteiger partial charge in [-0.1, -0.05) is 65.8 Å². The van der Waals surface area contributed by atoms with Crippen molar-refractivity contribution in [2.75, 3.05) is 7.11 Å². The molecular formula is C21H17ClN4OS. The molecule has 0 saturated carbocycles. The zero-order valence-electron chi connectivity index (χ0n) is 15.1. The predicted molar refractivity (Wildman–Crippen MR) is 115 cm³/mol. The molecule has 7 heteroatoms. The average molecular weight is 409 g/mol. The third-order valence-electron chi connectivity index (χ3n) is 4.24. The van der Waals surface area contributed by atoms with Gasteiger partial charge in [0.05, 0.1) is 13.3 Å². The van der Waals surface area contributed by atoms with Gasteiger partial charge in [0.2, 0.25) is 5.16 Å². The molecule has 4 aromatic rings. The van der Waals surface area contributed by atoms with Crippen molar-refractivity contribution in [3.05, 3.63) is 83.1 Å². The molecule has 0 aliphatic heterocycles. The summed E-state index contributed by atoms with van der Waals surface area (Å²) in [7, 11) is 1.66. The molecule has 4 rings (SSSR count). The van der Waals surface area contributed by atoms with Gasteiger partial charge < -0.3 is 4.74 Å². The zero-order valence-corrected chi connectivity index (χ0v) is 16.7. The van der Waals surface area contributed by atoms with Crippen LogP contribution in [0.25, 0.3) is 10.8 Å². The van der Waals surface area contributed by atoms with E-state index in [0.717, 1.165) is 38.4 Å². The molecule has 0 aliphatic carbocycles. The quantitative estimate of drug-likeness (QED) is 0.322. The van der Waals surface area contributed by atoms with Crippen LogP contribution in [-0.4, -0.2) is 28.2 Å². The Balaban J connectivity index is 1.59. The van der Waals surface area contributed by atoms with E-state index in [9.17, 15) is 0 Å². The van der Waals surface area contributed by atoms with Crippen molar-refractivity contribution in [1.29, 1.82) is 0 Å². The molecule has 0 fully saturated rings. The van der Waals surface area contributed by atoms with E-state index in [-0.39, 0.29) is 0 Å². The van der Waals surface area contributed by atoms with Crippen LogP contribution >= 0.6 is 23.4 Å². The van der Waals surface area contributed by atoms with Crippen LogP contribution < -0.4 is 4.74 Å². The fourth-order valence-electron chi connectivity index (χ4n) is 2.83. The summed E-state index contributed by atoms with van der Waals surface area (Å²) >= 11 is 7.50. The van der Waals surface area contributed by atoms with E-state index in [1.54, 1.807) is 36.1 Å². The molecule has 3 aromatic carbocycles. The summed E-state index contributed by atoms with van der Waals surface area (Å²) in [4.78, 5) is 0. The topological polar surface area (TPSA) is 52.3 Å². The van der Waals surface area contributed by atoms with E-state index in [1.807, 2.05) is 48.5 Å². The number of methoxy groups -OCH3 is 1. The molecule has 1 aromatic heterocycles. The lowest BCUT2D eigenvalue weighted by molar-refractivity contribution is 0.415. The number of aromatic nitrogens is 3. The fourth-order valence-corrected chi connectivity index (χ4v) is 3.77. The zero-order chi connectivity index (χ0) is 19.3. The van der Waals surface area contributed by atoms with Crippen molar-refractivity contribution in [2.24, 2.45) is 5.10 Å². The molecule has 0 radical (unpaired) electrons. The van der Waals surface area contributed by atoms with E-state index < -0.39 is 0 Å². The van der Waals surface area contributed by atoms with Crippen LogP contribution in [-0.2, 0) is 5.75 Å². The van der Waals surface area contributed by atoms with Gasteiger partial charge in [0, 0.05) is 16.3 Å². The van der Waals surface area contributed by atoms with E-state index >= 15 is 0 Å². The van der Waals surface area contributed by atoms with Crippen molar-refractivity contribution in [1.82, 2.24) is 14.9 Å². The number of rotatable bonds is 6. The van der Waals surface area contributed by atoms with Gasteiger partial charge in [-0.15, -0.1) is 10.2 Å². The number of halogens is 1. The minimum Gasteiger partial charge on any atom is -0.496 e. The summed E-state index contributed by atoms with van der Waals surface area (Å²) in [6, 6.07) is 19.9. The van der Waals surface area contributed by atoms with Crippen LogP contribution in [0.2, 0.25) is 5.02 Å². The third kappa shape index (κ3) is 4.03. The Bertz CT molecular complexity index is 1120. The summed E-state index contributed by atoms with van der Waals surface area (Å²) in [5.41, 5.74) is 2.08. The van der Waals surface area contributed by atoms with Gasteiger partial charge >= 0.3 is 0 Å². The van der Waals surface area contributed by atoms with Crippen LogP contribution in [0.15, 0.2) is 77.2 Å². The highest BCUT2D eigenvalue weighted by Crippen LogP contribution is 2.27. The number of benzene rings is 3. The first-order chi connectivity index (χ1) is 13.7. The van der Waals surface area contributed by atoms with Crippen molar-refractivity contribution in [3.8, 4) is 5.75 Å². The second kappa shape index (κ2) is 8.46. The van der Waals surface area contributed by atoms with Gasteiger partial charge in [0.25, 0.3) is 0 Å². The Labute approximate surface area is 172 Å². The highest BCUT2D eigenvalue weighted by molar-refractivity contribution is 7.98. The SMILES string of the molecule is COc1ccc2ccccc2c1/C=N\n1cnnc1SCc1ccc(Cl)cc1. The van der Waals surface area contributed by atoms with Crippen LogP contribution in [0.1, 0.15) is 11.1 Å². The van der Waals surface area contributed by atoms with Crippen LogP contribution in [0.4, 0.5) is 0 Å². The van der Waals surface area contributed by atoms with Crippen molar-refractivity contribution < 1.29 is 4.74 Å². The molecule has 0 aliphatic rings. The second-order valence-corrected chi connectivity index (χ2v) is 7.40. The first-order valence-corrected chi connectivity index (χ1v) is 9.98. The first kappa shape index (κ1) is 18.5. The number of hydrogen-bond acceptors (Lipinski definition) is 5. The van der Waals surface area contributed by atoms with Crippen molar-refractivity contribution >= 4 is 40.3 Å². The van der Waals surface area contributed by atoms with Crippen molar-refractivity contribution in [2.45, 2.75) is 10.9 Å². The molecule has 5 nitrogen and oxygen atoms in total. The monoisotopic (exact) mass is 408 g/mol. The highest BCUT2D eigenvalue weighted by Gasteiger charge is 2.08. The van der Waals surface area contributed by atoms with E-state index in [0.29, 0.717) is 5.16 Å². The Morgan fingerprint density at radius 2 is 1.93 bits per heavy atom. The maximum atomic E-state index is 5.94. The maximum Gasteiger partial charge on any atom is 0.212 e. The fraction of sp³-hybridized carbons (Fsp3) is 0.0952. The normalized spacial score (nSPS) is 11.4. The van der Waals surface area contributed by atoms with Gasteiger partial charge in [-0.2, -0.15) is 9.78 Å². The van der Waals surface area contributed by atoms with E-state index in [2.05, 4.69) is 27.4 Å². The number of hydrogen-bond donors (Lipinski definition) is 0. The second-order valence-electron chi connectivity index (χ2n) is 6.02. The molecule has 0 N–H and O–H groups in total. The lowest BCUT2D eigenvalue weighted by atomic mass is 10.0. The molecule has 28 heavy (non-hydrogen) atoms. The standard InChI is InChI=1S/C21H17ClN4OS/c1-27-20-11-8-16-4-2-3-5-18(16)19(20)12-24-26-14-23-25-21(26)28-13-15-6-9-17(22)10-7-15/h2-12,14H,13H2,1H3/b24-12-. The third-order valence-corrected chi connectivity index (χ3v) is 5.50. The van der Waals surface area contributed by atoms with Gasteiger partial charge in [-0.05, 0) is 34.5 Å². The van der Waals surface area contributed by atoms with Crippen LogP contribution in [0, 0.1) is 0 Å². The number of fused-ring (bicyclic) bond motifs is 1. The minimum absolute atomic E-state index is 0.713. The van der Waals surface area contributed by atoms with E-state index in [4.69, 9.17) is 16.3 Å². The average Bonchev–Trinajstić information content (AvgIpc) is 3.18. The molecule has 0 spiro atoms. The Hall–Kier alpha value is -2.83. The first-order valence-electron chi connectivity index (χ1n) is 8.62. The maximum absolute atomic E-state index is 5.94. The summed E-state index contributed by atoms with van der Waals surface area (Å²) in [6.45, 7) is 0. The molecule has 0 amide bonds. The molecule has 0 bridgehead atoms. The molecule has 1 heterocycles. The molecule has 0 unspecified atom stereocenters. The summed E-state index contributed by atoms with van der Waals surface area (Å²) in [6.07, 6.45) is 3.38. The summed E-state index contributed by atoms with van der Waals surface area (Å²) < 4.78 is 7.19. The van der Waals surface area contributed by atoms with Gasteiger partial charge in [-0.25, -0.2) is 0 Å². The molecule has 0 saturated heterocycles. The smallest absolute Gasteiger partial charge is 0.212 e. The number of nitrogens with zero attached hydrogens (tertiary/aromatic N) is 4. The van der Waals surface area contributed by atoms with Gasteiger partial charge in [0.1, 0.15) is 12.1 Å². The molecular weight excluding hydrogens is 392 g/mol. The van der Waals surface area contributed by atoms with Gasteiger partial charge in [0.15, 0.2) is 0 Å². The number of ether oxygens (including phenoxy) is 1. The Morgan fingerprint density at radius 3 is 2.75 bits per heavy atom. The van der Waals surface area contributed by atoms with Crippen molar-refractivity contribution in [3.63, 3.8) is 0 Å². The lowest BCUT2D eigenvalue weighted by Gasteiger charge is -2.08. The Morgan fingerprint density at radius 1 is 1.11 bits per heavy atom. The molecule has 140 valence electrons. The number of thioether (sulfide) groups is 1. The Kier molecular flexibility index (Phi) is 5.60. The van der Waals surface area contributed by atoms with E-state index in [1.165, 1.54) is 0 Å². The predicted octanol–water partition coefficient (Wildman–Crippen LogP) is 5.27. The van der Waals surface area contributed by atoms with Crippen LogP contribution in [0.3, 0.4) is 0 Å². The summed E-state index contributed by atoms with van der Waals surface area (Å²) in [5.74, 6) is 1.52. The lowest BCUT2D eigenvalue weighted by Crippen LogP contribution is -1.96. The minimum atomic E-state index is 0.713. The summed E-state index contributed by atoms with van der Waals surface area (Å²) in [5, 5.41) is 16.4. The van der Waals surface area contributed by atoms with Crippen LogP contribution in [0.5, 0.6) is 5.75 Å². The largest absolute Gasteiger partial charge is 0.496 e. The molecule has 0 atom stereocenters. The highest BCUT2D eigenvalue weighted by atomic mass is 35.5.